The number of hydrogen-bond donors (Lipinski definition) is 1. The molecule has 0 aliphatic rings. The smallest absolute Gasteiger partial charge is 0.248 e. The van der Waals surface area contributed by atoms with Gasteiger partial charge in [-0.15, -0.1) is 4.91 Å². The molecule has 0 radical (unpaired) electrons. The summed E-state index contributed by atoms with van der Waals surface area (Å²) in [5, 5.41) is 5.42. The van der Waals surface area contributed by atoms with E-state index in [2.05, 4.69) is 10.5 Å². The lowest BCUT2D eigenvalue weighted by Gasteiger charge is -2.14. The fourth-order valence-electron chi connectivity index (χ4n) is 0.842. The monoisotopic (exact) mass is 172 g/mol. The molecule has 0 bridgehead atoms. The van der Waals surface area contributed by atoms with Crippen molar-refractivity contribution in [1.82, 2.24) is 5.32 Å². The minimum Gasteiger partial charge on any atom is -0.352 e. The molecule has 1 amide bonds. The third kappa shape index (κ3) is 3.46. The lowest BCUT2D eigenvalue weighted by molar-refractivity contribution is -0.123. The lowest BCUT2D eigenvalue weighted by Crippen LogP contribution is -2.40. The van der Waals surface area contributed by atoms with Gasteiger partial charge in [0.15, 0.2) is 6.04 Å². The van der Waals surface area contributed by atoms with Crippen molar-refractivity contribution >= 4 is 5.91 Å². The maximum atomic E-state index is 11.2. The average molecular weight is 172 g/mol. The fourth-order valence-corrected chi connectivity index (χ4v) is 0.842. The summed E-state index contributed by atoms with van der Waals surface area (Å²) < 4.78 is 0. The van der Waals surface area contributed by atoms with Crippen LogP contribution in [0.1, 0.15) is 27.7 Å². The van der Waals surface area contributed by atoms with Crippen LogP contribution in [0.5, 0.6) is 0 Å². The summed E-state index contributed by atoms with van der Waals surface area (Å²) in [4.78, 5) is 21.5. The molecule has 70 valence electrons. The molecule has 0 aromatic carbocycles. The molecule has 1 N–H and O–H groups in total. The molecule has 12 heavy (non-hydrogen) atoms. The first-order chi connectivity index (χ1) is 5.49. The van der Waals surface area contributed by atoms with Gasteiger partial charge in [0.05, 0.1) is 0 Å². The Bertz CT molecular complexity index is 166. The highest BCUT2D eigenvalue weighted by molar-refractivity contribution is 5.82. The van der Waals surface area contributed by atoms with Gasteiger partial charge in [0.2, 0.25) is 5.91 Å². The Labute approximate surface area is 72.7 Å². The largest absolute Gasteiger partial charge is 0.352 e. The molecule has 4 heteroatoms. The molecule has 0 aliphatic heterocycles. The highest BCUT2D eigenvalue weighted by atomic mass is 16.3. The predicted octanol–water partition coefficient (Wildman–Crippen LogP) is 1.30. The summed E-state index contributed by atoms with van der Waals surface area (Å²) in [6.45, 7) is 7.29. The second kappa shape index (κ2) is 4.85. The van der Waals surface area contributed by atoms with Gasteiger partial charge in [0.25, 0.3) is 0 Å². The van der Waals surface area contributed by atoms with E-state index in [9.17, 15) is 9.70 Å². The van der Waals surface area contributed by atoms with Crippen molar-refractivity contribution in [2.45, 2.75) is 39.8 Å². The molecule has 0 rings (SSSR count). The summed E-state index contributed by atoms with van der Waals surface area (Å²) in [6, 6.07) is -0.701. The van der Waals surface area contributed by atoms with Gasteiger partial charge in [-0.2, -0.15) is 0 Å². The highest BCUT2D eigenvalue weighted by Crippen LogP contribution is 2.05. The number of hydrogen-bond acceptors (Lipinski definition) is 3. The topological polar surface area (TPSA) is 58.5 Å². The molecule has 4 nitrogen and oxygen atoms in total. The normalized spacial score (nSPS) is 13.2. The number of carbonyl (C=O) groups excluding carboxylic acids is 1. The van der Waals surface area contributed by atoms with Gasteiger partial charge >= 0.3 is 0 Å². The van der Waals surface area contributed by atoms with E-state index < -0.39 is 6.04 Å². The first-order valence-electron chi connectivity index (χ1n) is 4.11. The van der Waals surface area contributed by atoms with E-state index in [4.69, 9.17) is 0 Å². The van der Waals surface area contributed by atoms with Crippen molar-refractivity contribution in [2.75, 3.05) is 0 Å². The van der Waals surface area contributed by atoms with Crippen LogP contribution in [0.2, 0.25) is 0 Å². The van der Waals surface area contributed by atoms with Gasteiger partial charge in [-0.05, 0) is 19.8 Å². The second-order valence-corrected chi connectivity index (χ2v) is 3.46. The molecule has 0 aromatic rings. The van der Waals surface area contributed by atoms with Crippen LogP contribution in [0, 0.1) is 10.8 Å². The van der Waals surface area contributed by atoms with Crippen molar-refractivity contribution in [1.29, 1.82) is 0 Å². The van der Waals surface area contributed by atoms with Crippen molar-refractivity contribution < 1.29 is 4.79 Å². The quantitative estimate of drug-likeness (QED) is 0.650. The molecule has 1 atom stereocenters. The van der Waals surface area contributed by atoms with E-state index in [0.29, 0.717) is 0 Å². The van der Waals surface area contributed by atoms with E-state index in [1.165, 1.54) is 0 Å². The zero-order valence-corrected chi connectivity index (χ0v) is 8.00. The van der Waals surface area contributed by atoms with Gasteiger partial charge in [-0.3, -0.25) is 4.79 Å². The number of nitroso groups, excluding NO2 is 1. The molecular weight excluding hydrogens is 156 g/mol. The molecule has 0 unspecified atom stereocenters. The number of rotatable bonds is 4. The maximum Gasteiger partial charge on any atom is 0.248 e. The minimum absolute atomic E-state index is 0.0405. The Balaban J connectivity index is 4.13. The minimum atomic E-state index is -0.757. The highest BCUT2D eigenvalue weighted by Gasteiger charge is 2.22. The van der Waals surface area contributed by atoms with E-state index in [1.54, 1.807) is 13.8 Å². The van der Waals surface area contributed by atoms with Crippen LogP contribution in [-0.2, 0) is 4.79 Å². The van der Waals surface area contributed by atoms with E-state index in [-0.39, 0.29) is 17.9 Å². The van der Waals surface area contributed by atoms with Gasteiger partial charge < -0.3 is 5.32 Å². The van der Waals surface area contributed by atoms with Crippen molar-refractivity contribution in [2.24, 2.45) is 11.1 Å². The molecule has 0 saturated carbocycles. The third-order valence-corrected chi connectivity index (χ3v) is 1.44. The molecule has 0 aliphatic carbocycles. The SMILES string of the molecule is CC(C)NC(=O)[C@@H](N=O)C(C)C. The van der Waals surface area contributed by atoms with Crippen LogP contribution < -0.4 is 5.32 Å². The summed E-state index contributed by atoms with van der Waals surface area (Å²) in [6.07, 6.45) is 0. The van der Waals surface area contributed by atoms with Gasteiger partial charge in [-0.25, -0.2) is 0 Å². The zero-order valence-electron chi connectivity index (χ0n) is 8.00. The third-order valence-electron chi connectivity index (χ3n) is 1.44. The van der Waals surface area contributed by atoms with Crippen molar-refractivity contribution in [3.63, 3.8) is 0 Å². The van der Waals surface area contributed by atoms with E-state index in [0.717, 1.165) is 0 Å². The Morgan fingerprint density at radius 1 is 1.25 bits per heavy atom. The van der Waals surface area contributed by atoms with E-state index in [1.807, 2.05) is 13.8 Å². The Morgan fingerprint density at radius 3 is 2.00 bits per heavy atom. The summed E-state index contributed by atoms with van der Waals surface area (Å²) >= 11 is 0. The average Bonchev–Trinajstić information content (AvgIpc) is 1.85. The standard InChI is InChI=1S/C8H16N2O2/c1-5(2)7(10-12)8(11)9-6(3)4/h5-7H,1-4H3,(H,9,11)/t7-/m0/s1. The Kier molecular flexibility index (Phi) is 4.47. The van der Waals surface area contributed by atoms with Crippen LogP contribution in [0.15, 0.2) is 5.18 Å². The van der Waals surface area contributed by atoms with Gasteiger partial charge in [0.1, 0.15) is 0 Å². The Morgan fingerprint density at radius 2 is 1.75 bits per heavy atom. The predicted molar refractivity (Wildman–Crippen MR) is 47.7 cm³/mol. The van der Waals surface area contributed by atoms with Crippen LogP contribution in [0.3, 0.4) is 0 Å². The number of nitrogens with zero attached hydrogens (tertiary/aromatic N) is 1. The van der Waals surface area contributed by atoms with Crippen molar-refractivity contribution in [3.8, 4) is 0 Å². The van der Waals surface area contributed by atoms with Crippen LogP contribution >= 0.6 is 0 Å². The second-order valence-electron chi connectivity index (χ2n) is 3.46. The van der Waals surface area contributed by atoms with Crippen LogP contribution in [0.4, 0.5) is 0 Å². The number of amides is 1. The molecule has 0 spiro atoms. The summed E-state index contributed by atoms with van der Waals surface area (Å²) in [5.41, 5.74) is 0. The molecule has 0 saturated heterocycles. The van der Waals surface area contributed by atoms with Gasteiger partial charge in [-0.1, -0.05) is 19.0 Å². The van der Waals surface area contributed by atoms with Crippen LogP contribution in [0.25, 0.3) is 0 Å². The zero-order chi connectivity index (χ0) is 9.72. The summed E-state index contributed by atoms with van der Waals surface area (Å²) in [7, 11) is 0. The van der Waals surface area contributed by atoms with Crippen LogP contribution in [-0.4, -0.2) is 18.0 Å². The number of nitrogens with one attached hydrogen (secondary N) is 1. The Hall–Kier alpha value is -0.930. The van der Waals surface area contributed by atoms with E-state index >= 15 is 0 Å². The lowest BCUT2D eigenvalue weighted by atomic mass is 10.0. The molecule has 0 heterocycles. The number of carbonyl (C=O) groups is 1. The van der Waals surface area contributed by atoms with Gasteiger partial charge in [0, 0.05) is 6.04 Å². The molecule has 0 aromatic heterocycles. The first kappa shape index (κ1) is 11.1. The first-order valence-corrected chi connectivity index (χ1v) is 4.11. The molecule has 0 fully saturated rings. The summed E-state index contributed by atoms with van der Waals surface area (Å²) in [5.74, 6) is -0.323. The van der Waals surface area contributed by atoms with Crippen molar-refractivity contribution in [3.05, 3.63) is 4.91 Å². The fraction of sp³-hybridized carbons (Fsp3) is 0.875. The maximum absolute atomic E-state index is 11.2. The molecular formula is C8H16N2O2.